The van der Waals surface area contributed by atoms with Crippen LogP contribution in [0.4, 0.5) is 0 Å². The Bertz CT molecular complexity index is 519. The van der Waals surface area contributed by atoms with Crippen LogP contribution in [-0.4, -0.2) is 28.5 Å². The Balaban J connectivity index is 2.28. The molecule has 4 nitrogen and oxygen atoms in total. The minimum Gasteiger partial charge on any atom is -0.507 e. The summed E-state index contributed by atoms with van der Waals surface area (Å²) in [6.45, 7) is 0.0372. The molecule has 100 valence electrons. The number of phenols is 1. The monoisotopic (exact) mass is 278 g/mol. The number of nitriles is 1. The van der Waals surface area contributed by atoms with Gasteiger partial charge in [-0.3, -0.25) is 4.79 Å². The number of carbonyl (C=O) groups excluding carboxylic acids is 1. The lowest BCUT2D eigenvalue weighted by Crippen LogP contribution is -2.39. The van der Waals surface area contributed by atoms with Crippen LogP contribution in [0.3, 0.4) is 0 Å². The van der Waals surface area contributed by atoms with Crippen molar-refractivity contribution in [1.29, 1.82) is 5.26 Å². The second-order valence-corrected chi connectivity index (χ2v) is 5.13. The molecule has 0 bridgehead atoms. The van der Waals surface area contributed by atoms with E-state index in [0.29, 0.717) is 5.02 Å². The molecule has 1 amide bonds. The first kappa shape index (κ1) is 13.7. The lowest BCUT2D eigenvalue weighted by molar-refractivity contribution is 0.0706. The second-order valence-electron chi connectivity index (χ2n) is 4.69. The molecule has 1 aromatic rings. The van der Waals surface area contributed by atoms with Gasteiger partial charge in [0.2, 0.25) is 0 Å². The summed E-state index contributed by atoms with van der Waals surface area (Å²) in [4.78, 5) is 14.0. The summed E-state index contributed by atoms with van der Waals surface area (Å²) >= 11 is 5.86. The quantitative estimate of drug-likeness (QED) is 0.865. The normalized spacial score (nSPS) is 15.2. The molecule has 0 aliphatic heterocycles. The summed E-state index contributed by atoms with van der Waals surface area (Å²) < 4.78 is 0. The molecule has 1 N–H and O–H groups in total. The SMILES string of the molecule is N#CCN(C(=O)c1cc(Cl)ccc1O)C1CCCC1. The first-order valence-corrected chi connectivity index (χ1v) is 6.67. The molecule has 1 saturated carbocycles. The lowest BCUT2D eigenvalue weighted by atomic mass is 10.1. The van der Waals surface area contributed by atoms with Gasteiger partial charge in [0.25, 0.3) is 5.91 Å². The van der Waals surface area contributed by atoms with E-state index in [4.69, 9.17) is 16.9 Å². The highest BCUT2D eigenvalue weighted by atomic mass is 35.5. The zero-order valence-corrected chi connectivity index (χ0v) is 11.2. The number of aromatic hydroxyl groups is 1. The molecule has 0 atom stereocenters. The lowest BCUT2D eigenvalue weighted by Gasteiger charge is -2.26. The van der Waals surface area contributed by atoms with Crippen LogP contribution < -0.4 is 0 Å². The summed E-state index contributed by atoms with van der Waals surface area (Å²) in [6.07, 6.45) is 3.96. The fourth-order valence-electron chi connectivity index (χ4n) is 2.49. The maximum absolute atomic E-state index is 12.5. The topological polar surface area (TPSA) is 64.3 Å². The van der Waals surface area contributed by atoms with Crippen molar-refractivity contribution in [1.82, 2.24) is 4.90 Å². The molecular formula is C14H15ClN2O2. The number of benzene rings is 1. The predicted octanol–water partition coefficient (Wildman–Crippen LogP) is 2.95. The smallest absolute Gasteiger partial charge is 0.258 e. The van der Waals surface area contributed by atoms with Crippen molar-refractivity contribution >= 4 is 17.5 Å². The molecule has 1 aliphatic carbocycles. The molecule has 0 spiro atoms. The van der Waals surface area contributed by atoms with Gasteiger partial charge in [0.1, 0.15) is 12.3 Å². The molecule has 5 heteroatoms. The fourth-order valence-corrected chi connectivity index (χ4v) is 2.67. The van der Waals surface area contributed by atoms with Crippen LogP contribution in [0.5, 0.6) is 5.75 Å². The van der Waals surface area contributed by atoms with Gasteiger partial charge in [0.15, 0.2) is 0 Å². The van der Waals surface area contributed by atoms with E-state index in [1.165, 1.54) is 18.2 Å². The van der Waals surface area contributed by atoms with Crippen molar-refractivity contribution < 1.29 is 9.90 Å². The number of nitrogens with zero attached hydrogens (tertiary/aromatic N) is 2. The molecule has 0 unspecified atom stereocenters. The van der Waals surface area contributed by atoms with E-state index in [-0.39, 0.29) is 29.8 Å². The Morgan fingerprint density at radius 2 is 2.16 bits per heavy atom. The van der Waals surface area contributed by atoms with E-state index in [1.807, 2.05) is 6.07 Å². The average Bonchev–Trinajstić information content (AvgIpc) is 2.92. The molecule has 0 radical (unpaired) electrons. The van der Waals surface area contributed by atoms with E-state index in [2.05, 4.69) is 0 Å². The number of hydrogen-bond donors (Lipinski definition) is 1. The van der Waals surface area contributed by atoms with Gasteiger partial charge in [-0.2, -0.15) is 5.26 Å². The minimum absolute atomic E-state index is 0.0372. The molecular weight excluding hydrogens is 264 g/mol. The predicted molar refractivity (Wildman–Crippen MR) is 72.0 cm³/mol. The third-order valence-corrected chi connectivity index (χ3v) is 3.69. The number of carbonyl (C=O) groups is 1. The minimum atomic E-state index is -0.326. The summed E-state index contributed by atoms with van der Waals surface area (Å²) in [5.41, 5.74) is 0.162. The number of amides is 1. The Morgan fingerprint density at radius 3 is 2.79 bits per heavy atom. The molecule has 0 heterocycles. The van der Waals surface area contributed by atoms with Crippen molar-refractivity contribution in [3.63, 3.8) is 0 Å². The van der Waals surface area contributed by atoms with Crippen molar-refractivity contribution in [2.45, 2.75) is 31.7 Å². The van der Waals surface area contributed by atoms with Gasteiger partial charge >= 0.3 is 0 Å². The highest BCUT2D eigenvalue weighted by Gasteiger charge is 2.28. The molecule has 1 fully saturated rings. The highest BCUT2D eigenvalue weighted by Crippen LogP contribution is 2.28. The second kappa shape index (κ2) is 5.94. The van der Waals surface area contributed by atoms with Gasteiger partial charge < -0.3 is 10.0 Å². The number of hydrogen-bond acceptors (Lipinski definition) is 3. The Labute approximate surface area is 117 Å². The van der Waals surface area contributed by atoms with Gasteiger partial charge in [-0.15, -0.1) is 0 Å². The Morgan fingerprint density at radius 1 is 1.47 bits per heavy atom. The van der Waals surface area contributed by atoms with E-state index < -0.39 is 0 Å². The van der Waals surface area contributed by atoms with Crippen molar-refractivity contribution in [3.05, 3.63) is 28.8 Å². The van der Waals surface area contributed by atoms with Gasteiger partial charge in [-0.05, 0) is 31.0 Å². The van der Waals surface area contributed by atoms with E-state index in [1.54, 1.807) is 4.90 Å². The number of phenolic OH excluding ortho intramolecular Hbond substituents is 1. The van der Waals surface area contributed by atoms with Gasteiger partial charge in [-0.1, -0.05) is 24.4 Å². The van der Waals surface area contributed by atoms with E-state index in [0.717, 1.165) is 25.7 Å². The summed E-state index contributed by atoms with van der Waals surface area (Å²) in [5, 5.41) is 19.1. The Kier molecular flexibility index (Phi) is 4.28. The molecule has 1 aliphatic rings. The van der Waals surface area contributed by atoms with Crippen LogP contribution in [0.1, 0.15) is 36.0 Å². The summed E-state index contributed by atoms with van der Waals surface area (Å²) in [7, 11) is 0. The van der Waals surface area contributed by atoms with Crippen LogP contribution in [0.2, 0.25) is 5.02 Å². The van der Waals surface area contributed by atoms with Crippen LogP contribution >= 0.6 is 11.6 Å². The van der Waals surface area contributed by atoms with Crippen LogP contribution in [0.15, 0.2) is 18.2 Å². The first-order valence-electron chi connectivity index (χ1n) is 6.30. The van der Waals surface area contributed by atoms with Crippen LogP contribution in [0.25, 0.3) is 0 Å². The maximum Gasteiger partial charge on any atom is 0.258 e. The molecule has 0 aromatic heterocycles. The maximum atomic E-state index is 12.5. The van der Waals surface area contributed by atoms with Crippen molar-refractivity contribution in [2.24, 2.45) is 0 Å². The van der Waals surface area contributed by atoms with Gasteiger partial charge in [-0.25, -0.2) is 0 Å². The van der Waals surface area contributed by atoms with E-state index >= 15 is 0 Å². The molecule has 19 heavy (non-hydrogen) atoms. The largest absolute Gasteiger partial charge is 0.507 e. The molecule has 0 saturated heterocycles. The summed E-state index contributed by atoms with van der Waals surface area (Å²) in [6, 6.07) is 6.47. The third-order valence-electron chi connectivity index (χ3n) is 3.46. The van der Waals surface area contributed by atoms with Crippen LogP contribution in [-0.2, 0) is 0 Å². The number of halogens is 1. The first-order chi connectivity index (χ1) is 9.13. The van der Waals surface area contributed by atoms with E-state index in [9.17, 15) is 9.90 Å². The van der Waals surface area contributed by atoms with Gasteiger partial charge in [0, 0.05) is 11.1 Å². The zero-order valence-electron chi connectivity index (χ0n) is 10.5. The number of rotatable bonds is 3. The Hall–Kier alpha value is -1.73. The van der Waals surface area contributed by atoms with Gasteiger partial charge in [0.05, 0.1) is 11.6 Å². The fraction of sp³-hybridized carbons (Fsp3) is 0.429. The molecule has 2 rings (SSSR count). The summed E-state index contributed by atoms with van der Waals surface area (Å²) in [5.74, 6) is -0.427. The van der Waals surface area contributed by atoms with Crippen molar-refractivity contribution in [2.75, 3.05) is 6.54 Å². The third kappa shape index (κ3) is 2.99. The average molecular weight is 279 g/mol. The molecule has 1 aromatic carbocycles. The van der Waals surface area contributed by atoms with Crippen molar-refractivity contribution in [3.8, 4) is 11.8 Å². The van der Waals surface area contributed by atoms with Crippen LogP contribution in [0, 0.1) is 11.3 Å². The highest BCUT2D eigenvalue weighted by molar-refractivity contribution is 6.31. The zero-order chi connectivity index (χ0) is 13.8. The standard InChI is InChI=1S/C14H15ClN2O2/c15-10-5-6-13(18)12(9-10)14(19)17(8-7-16)11-3-1-2-4-11/h5-6,9,11,18H,1-4,8H2.